The van der Waals surface area contributed by atoms with E-state index in [0.717, 1.165) is 36.3 Å². The van der Waals surface area contributed by atoms with Crippen LogP contribution in [-0.2, 0) is 11.2 Å². The highest BCUT2D eigenvalue weighted by Gasteiger charge is 2.30. The van der Waals surface area contributed by atoms with Crippen molar-refractivity contribution in [3.05, 3.63) is 59.2 Å². The highest BCUT2D eigenvalue weighted by atomic mass is 16.5. The number of carbonyl (C=O) groups excluding carboxylic acids is 2. The molecule has 5 nitrogen and oxygen atoms in total. The van der Waals surface area contributed by atoms with Crippen LogP contribution in [0, 0.1) is 12.8 Å². The standard InChI is InChI=1S/C22H24N2O3/c1-14-7-8-17(12-19(14)23-21(25)15-9-10-15)22(26)24(2)13-18-11-16-5-3-4-6-20(16)27-18/h3-8,12,15,18H,9-11,13H2,1-2H3,(H,23,25). The second-order valence-electron chi connectivity index (χ2n) is 7.53. The molecule has 5 heteroatoms. The van der Waals surface area contributed by atoms with E-state index < -0.39 is 0 Å². The molecule has 1 heterocycles. The summed E-state index contributed by atoms with van der Waals surface area (Å²) in [5.41, 5.74) is 3.43. The van der Waals surface area contributed by atoms with Crippen LogP contribution in [0.15, 0.2) is 42.5 Å². The molecule has 2 aromatic rings. The Balaban J connectivity index is 1.42. The van der Waals surface area contributed by atoms with Crippen LogP contribution in [0.2, 0.25) is 0 Å². The number of anilines is 1. The maximum atomic E-state index is 12.9. The number of likely N-dealkylation sites (N-methyl/N-ethyl adjacent to an activating group) is 1. The Hall–Kier alpha value is -2.82. The summed E-state index contributed by atoms with van der Waals surface area (Å²) in [6.07, 6.45) is 2.69. The van der Waals surface area contributed by atoms with Crippen LogP contribution < -0.4 is 10.1 Å². The van der Waals surface area contributed by atoms with Gasteiger partial charge in [0.15, 0.2) is 0 Å². The van der Waals surface area contributed by atoms with Crippen LogP contribution in [0.3, 0.4) is 0 Å². The minimum absolute atomic E-state index is 0.0316. The van der Waals surface area contributed by atoms with Crippen LogP contribution >= 0.6 is 0 Å². The topological polar surface area (TPSA) is 58.6 Å². The Kier molecular flexibility index (Phi) is 4.60. The van der Waals surface area contributed by atoms with Crippen molar-refractivity contribution in [3.63, 3.8) is 0 Å². The second-order valence-corrected chi connectivity index (χ2v) is 7.53. The fraction of sp³-hybridized carbons (Fsp3) is 0.364. The van der Waals surface area contributed by atoms with Gasteiger partial charge in [-0.1, -0.05) is 24.3 Å². The minimum atomic E-state index is -0.0727. The molecule has 1 unspecified atom stereocenters. The normalized spacial score (nSPS) is 17.8. The second kappa shape index (κ2) is 7.06. The van der Waals surface area contributed by atoms with Gasteiger partial charge in [-0.15, -0.1) is 0 Å². The number of ether oxygens (including phenoxy) is 1. The molecule has 0 radical (unpaired) electrons. The number of amides is 2. The molecule has 1 aliphatic carbocycles. The van der Waals surface area contributed by atoms with Crippen molar-refractivity contribution in [2.24, 2.45) is 5.92 Å². The number of rotatable bonds is 5. The molecule has 1 aliphatic heterocycles. The molecule has 140 valence electrons. The zero-order valence-electron chi connectivity index (χ0n) is 15.7. The summed E-state index contributed by atoms with van der Waals surface area (Å²) in [5, 5.41) is 2.96. The first-order valence-corrected chi connectivity index (χ1v) is 9.43. The van der Waals surface area contributed by atoms with Crippen molar-refractivity contribution >= 4 is 17.5 Å². The van der Waals surface area contributed by atoms with E-state index >= 15 is 0 Å². The Bertz CT molecular complexity index is 864. The van der Waals surface area contributed by atoms with Gasteiger partial charge in [-0.25, -0.2) is 0 Å². The summed E-state index contributed by atoms with van der Waals surface area (Å²) in [7, 11) is 1.79. The highest BCUT2D eigenvalue weighted by Crippen LogP contribution is 2.31. The van der Waals surface area contributed by atoms with Crippen LogP contribution in [0.4, 0.5) is 5.69 Å². The quantitative estimate of drug-likeness (QED) is 0.884. The van der Waals surface area contributed by atoms with Crippen molar-refractivity contribution < 1.29 is 14.3 Å². The lowest BCUT2D eigenvalue weighted by atomic mass is 10.1. The SMILES string of the molecule is Cc1ccc(C(=O)N(C)CC2Cc3ccccc3O2)cc1NC(=O)C1CC1. The van der Waals surface area contributed by atoms with Gasteiger partial charge in [0.1, 0.15) is 11.9 Å². The number of carbonyl (C=O) groups is 2. The molecule has 1 fully saturated rings. The van der Waals surface area contributed by atoms with E-state index in [-0.39, 0.29) is 23.8 Å². The first-order valence-electron chi connectivity index (χ1n) is 9.43. The lowest BCUT2D eigenvalue weighted by Crippen LogP contribution is -2.36. The Labute approximate surface area is 159 Å². The van der Waals surface area contributed by atoms with Crippen molar-refractivity contribution in [1.82, 2.24) is 4.90 Å². The molecule has 2 amide bonds. The van der Waals surface area contributed by atoms with Gasteiger partial charge in [-0.05, 0) is 49.1 Å². The van der Waals surface area contributed by atoms with Gasteiger partial charge in [-0.2, -0.15) is 0 Å². The van der Waals surface area contributed by atoms with E-state index in [1.165, 1.54) is 5.56 Å². The van der Waals surface area contributed by atoms with E-state index in [0.29, 0.717) is 12.1 Å². The largest absolute Gasteiger partial charge is 0.488 e. The molecule has 0 aromatic heterocycles. The number of fused-ring (bicyclic) bond motifs is 1. The van der Waals surface area contributed by atoms with Gasteiger partial charge >= 0.3 is 0 Å². The molecule has 0 spiro atoms. The Morgan fingerprint density at radius 2 is 1.96 bits per heavy atom. The third kappa shape index (κ3) is 3.82. The summed E-state index contributed by atoms with van der Waals surface area (Å²) in [6.45, 7) is 2.45. The van der Waals surface area contributed by atoms with E-state index in [4.69, 9.17) is 4.74 Å². The van der Waals surface area contributed by atoms with Crippen LogP contribution in [0.25, 0.3) is 0 Å². The smallest absolute Gasteiger partial charge is 0.253 e. The summed E-state index contributed by atoms with van der Waals surface area (Å²) >= 11 is 0. The zero-order chi connectivity index (χ0) is 19.0. The lowest BCUT2D eigenvalue weighted by molar-refractivity contribution is -0.117. The zero-order valence-corrected chi connectivity index (χ0v) is 15.7. The van der Waals surface area contributed by atoms with E-state index in [1.54, 1.807) is 18.0 Å². The van der Waals surface area contributed by atoms with Crippen molar-refractivity contribution in [2.45, 2.75) is 32.3 Å². The summed E-state index contributed by atoms with van der Waals surface area (Å²) < 4.78 is 5.94. The molecule has 4 rings (SSSR count). The lowest BCUT2D eigenvalue weighted by Gasteiger charge is -2.21. The molecule has 2 aromatic carbocycles. The molecular formula is C22H24N2O3. The number of hydrogen-bond acceptors (Lipinski definition) is 3. The molecule has 1 atom stereocenters. The number of aryl methyl sites for hydroxylation is 1. The molecule has 1 N–H and O–H groups in total. The number of para-hydroxylation sites is 1. The fourth-order valence-corrected chi connectivity index (χ4v) is 3.43. The number of hydrogen-bond donors (Lipinski definition) is 1. The van der Waals surface area contributed by atoms with Crippen LogP contribution in [0.5, 0.6) is 5.75 Å². The third-order valence-electron chi connectivity index (χ3n) is 5.23. The minimum Gasteiger partial charge on any atom is -0.488 e. The van der Waals surface area contributed by atoms with Crippen molar-refractivity contribution in [1.29, 1.82) is 0 Å². The summed E-state index contributed by atoms with van der Waals surface area (Å²) in [5.74, 6) is 1.01. The maximum absolute atomic E-state index is 12.9. The highest BCUT2D eigenvalue weighted by molar-refractivity contribution is 5.98. The fourth-order valence-electron chi connectivity index (χ4n) is 3.43. The number of benzene rings is 2. The van der Waals surface area contributed by atoms with Gasteiger partial charge < -0.3 is 15.0 Å². The predicted octanol–water partition coefficient (Wildman–Crippen LogP) is 3.42. The van der Waals surface area contributed by atoms with Gasteiger partial charge in [0, 0.05) is 30.6 Å². The molecule has 0 saturated heterocycles. The van der Waals surface area contributed by atoms with E-state index in [2.05, 4.69) is 11.4 Å². The van der Waals surface area contributed by atoms with Crippen molar-refractivity contribution in [3.8, 4) is 5.75 Å². The number of nitrogens with one attached hydrogen (secondary N) is 1. The van der Waals surface area contributed by atoms with Gasteiger partial charge in [-0.3, -0.25) is 9.59 Å². The maximum Gasteiger partial charge on any atom is 0.253 e. The van der Waals surface area contributed by atoms with Gasteiger partial charge in [0.05, 0.1) is 6.54 Å². The predicted molar refractivity (Wildman–Crippen MR) is 104 cm³/mol. The van der Waals surface area contributed by atoms with E-state index in [1.807, 2.05) is 37.3 Å². The molecule has 2 aliphatic rings. The average Bonchev–Trinajstić information content (AvgIpc) is 3.43. The average molecular weight is 364 g/mol. The third-order valence-corrected chi connectivity index (χ3v) is 5.23. The number of nitrogens with zero attached hydrogens (tertiary/aromatic N) is 1. The van der Waals surface area contributed by atoms with Gasteiger partial charge in [0.2, 0.25) is 5.91 Å². The Morgan fingerprint density at radius 3 is 2.70 bits per heavy atom. The van der Waals surface area contributed by atoms with Crippen LogP contribution in [-0.4, -0.2) is 36.4 Å². The molecule has 27 heavy (non-hydrogen) atoms. The molecule has 1 saturated carbocycles. The molecular weight excluding hydrogens is 340 g/mol. The summed E-state index contributed by atoms with van der Waals surface area (Å²) in [6, 6.07) is 13.5. The van der Waals surface area contributed by atoms with Crippen LogP contribution in [0.1, 0.15) is 34.3 Å². The summed E-state index contributed by atoms with van der Waals surface area (Å²) in [4.78, 5) is 26.6. The first-order chi connectivity index (χ1) is 13.0. The molecule has 0 bridgehead atoms. The van der Waals surface area contributed by atoms with Gasteiger partial charge in [0.25, 0.3) is 5.91 Å². The Morgan fingerprint density at radius 1 is 1.19 bits per heavy atom. The monoisotopic (exact) mass is 364 g/mol. The van der Waals surface area contributed by atoms with Crippen molar-refractivity contribution in [2.75, 3.05) is 18.9 Å². The first kappa shape index (κ1) is 17.6. The van der Waals surface area contributed by atoms with E-state index in [9.17, 15) is 9.59 Å².